The molecule has 4 rings (SSSR count). The first-order valence-corrected chi connectivity index (χ1v) is 13.2. The summed E-state index contributed by atoms with van der Waals surface area (Å²) in [4.78, 5) is 28.8. The second-order valence-corrected chi connectivity index (χ2v) is 9.80. The van der Waals surface area contributed by atoms with Gasteiger partial charge in [0, 0.05) is 30.4 Å². The summed E-state index contributed by atoms with van der Waals surface area (Å²) in [6.45, 7) is 2.79. The zero-order valence-corrected chi connectivity index (χ0v) is 22.1. The summed E-state index contributed by atoms with van der Waals surface area (Å²) < 4.78 is 0.977. The van der Waals surface area contributed by atoms with Gasteiger partial charge in [0.1, 0.15) is 6.04 Å². The number of fused-ring (bicyclic) bond motifs is 1. The summed E-state index contributed by atoms with van der Waals surface area (Å²) in [6.07, 6.45) is 1.41. The number of nitrogens with zero attached hydrogens (tertiary/aromatic N) is 1. The van der Waals surface area contributed by atoms with E-state index < -0.39 is 6.04 Å². The minimum absolute atomic E-state index is 0.0296. The fraction of sp³-hybridized carbons (Fsp3) is 0.226. The monoisotopic (exact) mass is 542 g/mol. The summed E-state index contributed by atoms with van der Waals surface area (Å²) in [7, 11) is 0. The van der Waals surface area contributed by atoms with E-state index in [1.807, 2.05) is 79.7 Å². The van der Waals surface area contributed by atoms with Gasteiger partial charge < -0.3 is 10.2 Å². The zero-order chi connectivity index (χ0) is 25.3. The number of aryl methyl sites for hydroxylation is 1. The van der Waals surface area contributed by atoms with Gasteiger partial charge in [0.15, 0.2) is 0 Å². The van der Waals surface area contributed by atoms with Crippen LogP contribution in [0, 0.1) is 0 Å². The highest BCUT2D eigenvalue weighted by Crippen LogP contribution is 2.22. The van der Waals surface area contributed by atoms with Crippen LogP contribution in [0.4, 0.5) is 0 Å². The Morgan fingerprint density at radius 2 is 1.53 bits per heavy atom. The normalized spacial score (nSPS) is 11.7. The molecule has 5 heteroatoms. The Balaban J connectivity index is 1.62. The molecular formula is C31H31BrN2O2. The number of hydrogen-bond donors (Lipinski definition) is 1. The van der Waals surface area contributed by atoms with E-state index in [1.165, 1.54) is 5.39 Å². The van der Waals surface area contributed by atoms with E-state index in [0.717, 1.165) is 26.5 Å². The fourth-order valence-electron chi connectivity index (χ4n) is 4.53. The van der Waals surface area contributed by atoms with Crippen molar-refractivity contribution in [2.24, 2.45) is 0 Å². The Hall–Kier alpha value is -3.44. The second kappa shape index (κ2) is 12.5. The van der Waals surface area contributed by atoms with Gasteiger partial charge in [0.25, 0.3) is 0 Å². The van der Waals surface area contributed by atoms with E-state index in [2.05, 4.69) is 45.5 Å². The van der Waals surface area contributed by atoms with Gasteiger partial charge in [-0.3, -0.25) is 9.59 Å². The Labute approximate surface area is 221 Å². The zero-order valence-electron chi connectivity index (χ0n) is 20.5. The Kier molecular flexibility index (Phi) is 8.90. The van der Waals surface area contributed by atoms with Gasteiger partial charge in [-0.05, 0) is 52.9 Å². The number of hydrogen-bond acceptors (Lipinski definition) is 2. The predicted octanol–water partition coefficient (Wildman–Crippen LogP) is 6.31. The molecule has 2 amide bonds. The van der Waals surface area contributed by atoms with Crippen molar-refractivity contribution in [3.05, 3.63) is 118 Å². The molecule has 4 aromatic carbocycles. The number of amides is 2. The number of likely N-dealkylation sites (N-methyl/N-ethyl adjacent to an activating group) is 1. The molecule has 184 valence electrons. The van der Waals surface area contributed by atoms with E-state index in [0.29, 0.717) is 32.4 Å². The highest BCUT2D eigenvalue weighted by atomic mass is 79.9. The van der Waals surface area contributed by atoms with Crippen molar-refractivity contribution in [1.29, 1.82) is 0 Å². The van der Waals surface area contributed by atoms with Crippen LogP contribution in [-0.2, 0) is 29.0 Å². The van der Waals surface area contributed by atoms with Crippen molar-refractivity contribution in [3.63, 3.8) is 0 Å². The van der Waals surface area contributed by atoms with E-state index in [-0.39, 0.29) is 11.8 Å². The number of halogens is 1. The van der Waals surface area contributed by atoms with Crippen LogP contribution in [-0.4, -0.2) is 29.3 Å². The van der Waals surface area contributed by atoms with Crippen LogP contribution >= 0.6 is 15.9 Å². The molecule has 0 saturated carbocycles. The van der Waals surface area contributed by atoms with Gasteiger partial charge in [0.2, 0.25) is 11.8 Å². The van der Waals surface area contributed by atoms with Crippen molar-refractivity contribution in [2.45, 2.75) is 38.8 Å². The maximum Gasteiger partial charge on any atom is 0.243 e. The van der Waals surface area contributed by atoms with Crippen LogP contribution in [0.2, 0.25) is 0 Å². The third kappa shape index (κ3) is 6.61. The Bertz CT molecular complexity index is 1300. The third-order valence-electron chi connectivity index (χ3n) is 6.38. The van der Waals surface area contributed by atoms with Gasteiger partial charge >= 0.3 is 0 Å². The lowest BCUT2D eigenvalue weighted by molar-refractivity contribution is -0.141. The van der Waals surface area contributed by atoms with Crippen LogP contribution in [0.5, 0.6) is 0 Å². The highest BCUT2D eigenvalue weighted by Gasteiger charge is 2.30. The molecule has 0 aromatic heterocycles. The fourth-order valence-corrected chi connectivity index (χ4v) is 4.79. The number of benzene rings is 4. The average Bonchev–Trinajstić information content (AvgIpc) is 2.91. The van der Waals surface area contributed by atoms with Crippen molar-refractivity contribution in [1.82, 2.24) is 10.2 Å². The summed E-state index contributed by atoms with van der Waals surface area (Å²) in [5.74, 6) is -0.157. The molecule has 0 unspecified atom stereocenters. The van der Waals surface area contributed by atoms with Gasteiger partial charge in [-0.1, -0.05) is 101 Å². The van der Waals surface area contributed by atoms with Crippen molar-refractivity contribution >= 4 is 38.5 Å². The first-order valence-electron chi connectivity index (χ1n) is 12.4. The molecule has 0 aliphatic carbocycles. The Morgan fingerprint density at radius 3 is 2.28 bits per heavy atom. The predicted molar refractivity (Wildman–Crippen MR) is 150 cm³/mol. The maximum atomic E-state index is 13.8. The lowest BCUT2D eigenvalue weighted by Crippen LogP contribution is -2.50. The molecule has 1 N–H and O–H groups in total. The molecule has 0 fully saturated rings. The molecule has 0 heterocycles. The second-order valence-electron chi connectivity index (χ2n) is 8.89. The van der Waals surface area contributed by atoms with Crippen molar-refractivity contribution < 1.29 is 9.59 Å². The lowest BCUT2D eigenvalue weighted by atomic mass is 9.99. The molecule has 0 spiro atoms. The minimum Gasteiger partial charge on any atom is -0.355 e. The molecule has 0 bridgehead atoms. The molecular weight excluding hydrogens is 512 g/mol. The topological polar surface area (TPSA) is 49.4 Å². The average molecular weight is 544 g/mol. The quantitative estimate of drug-likeness (QED) is 0.255. The summed E-state index contributed by atoms with van der Waals surface area (Å²) >= 11 is 3.48. The van der Waals surface area contributed by atoms with Gasteiger partial charge in [-0.2, -0.15) is 0 Å². The first kappa shape index (κ1) is 25.6. The van der Waals surface area contributed by atoms with Gasteiger partial charge in [-0.15, -0.1) is 0 Å². The van der Waals surface area contributed by atoms with E-state index in [9.17, 15) is 9.59 Å². The molecule has 0 aliphatic rings. The number of nitrogens with one attached hydrogen (secondary N) is 1. The van der Waals surface area contributed by atoms with Gasteiger partial charge in [-0.25, -0.2) is 0 Å². The van der Waals surface area contributed by atoms with Crippen LogP contribution in [0.15, 0.2) is 102 Å². The molecule has 0 aliphatic heterocycles. The number of carbonyl (C=O) groups is 2. The standard InChI is InChI=1S/C31H31BrN2O2/c1-2-33-31(36)29(21-23-9-4-3-5-10-23)34(22-24-15-18-27(32)19-16-24)30(35)20-17-26-13-8-12-25-11-6-7-14-28(25)26/h3-16,18-19,29H,2,17,20-22H2,1H3,(H,33,36)/t29-/m0/s1. The maximum absolute atomic E-state index is 13.8. The van der Waals surface area contributed by atoms with Crippen LogP contribution in [0.25, 0.3) is 10.8 Å². The molecule has 0 saturated heterocycles. The molecule has 36 heavy (non-hydrogen) atoms. The lowest BCUT2D eigenvalue weighted by Gasteiger charge is -2.31. The molecule has 4 aromatic rings. The smallest absolute Gasteiger partial charge is 0.243 e. The largest absolute Gasteiger partial charge is 0.355 e. The molecule has 1 atom stereocenters. The van der Waals surface area contributed by atoms with Crippen molar-refractivity contribution in [2.75, 3.05) is 6.54 Å². The summed E-state index contributed by atoms with van der Waals surface area (Å²) in [5.41, 5.74) is 3.15. The highest BCUT2D eigenvalue weighted by molar-refractivity contribution is 9.10. The molecule has 4 nitrogen and oxygen atoms in total. The van der Waals surface area contributed by atoms with E-state index >= 15 is 0 Å². The number of rotatable bonds is 10. The Morgan fingerprint density at radius 1 is 0.833 bits per heavy atom. The van der Waals surface area contributed by atoms with E-state index in [4.69, 9.17) is 0 Å². The first-order chi connectivity index (χ1) is 17.5. The summed E-state index contributed by atoms with van der Waals surface area (Å²) in [6, 6.07) is 31.7. The van der Waals surface area contributed by atoms with Crippen LogP contribution in [0.1, 0.15) is 30.0 Å². The van der Waals surface area contributed by atoms with Crippen LogP contribution in [0.3, 0.4) is 0 Å². The van der Waals surface area contributed by atoms with Crippen molar-refractivity contribution in [3.8, 4) is 0 Å². The van der Waals surface area contributed by atoms with E-state index in [1.54, 1.807) is 4.90 Å². The number of carbonyl (C=O) groups excluding carboxylic acids is 2. The van der Waals surface area contributed by atoms with Gasteiger partial charge in [0.05, 0.1) is 0 Å². The molecule has 0 radical (unpaired) electrons. The van der Waals surface area contributed by atoms with Crippen LogP contribution < -0.4 is 5.32 Å². The minimum atomic E-state index is -0.601. The SMILES string of the molecule is CCNC(=O)[C@H](Cc1ccccc1)N(Cc1ccc(Br)cc1)C(=O)CCc1cccc2ccccc12. The third-order valence-corrected chi connectivity index (χ3v) is 6.91. The summed E-state index contributed by atoms with van der Waals surface area (Å²) in [5, 5.41) is 5.28.